The van der Waals surface area contributed by atoms with Crippen molar-refractivity contribution in [3.05, 3.63) is 46.8 Å². The molecule has 7 heteroatoms. The van der Waals surface area contributed by atoms with Crippen LogP contribution in [0.25, 0.3) is 0 Å². The summed E-state index contributed by atoms with van der Waals surface area (Å²) in [6.45, 7) is 6.34. The van der Waals surface area contributed by atoms with E-state index >= 15 is 0 Å². The van der Waals surface area contributed by atoms with Gasteiger partial charge in [-0.2, -0.15) is 0 Å². The van der Waals surface area contributed by atoms with Crippen LogP contribution in [0, 0.1) is 6.92 Å². The van der Waals surface area contributed by atoms with Crippen molar-refractivity contribution in [2.45, 2.75) is 19.9 Å². The van der Waals surface area contributed by atoms with Gasteiger partial charge in [-0.25, -0.2) is 9.97 Å². The molecule has 1 aromatic heterocycles. The summed E-state index contributed by atoms with van der Waals surface area (Å²) in [4.78, 5) is 28.7. The number of anilines is 2. The number of carbonyl (C=O) groups excluding carboxylic acids is 1. The molecule has 0 unspecified atom stereocenters. The van der Waals surface area contributed by atoms with Gasteiger partial charge in [-0.05, 0) is 25.1 Å². The number of nitrogens with zero attached hydrogens (tertiary/aromatic N) is 5. The van der Waals surface area contributed by atoms with Gasteiger partial charge in [-0.1, -0.05) is 6.07 Å². The zero-order valence-corrected chi connectivity index (χ0v) is 16.8. The predicted octanol–water partition coefficient (Wildman–Crippen LogP) is 1.89. The predicted molar refractivity (Wildman–Crippen MR) is 109 cm³/mol. The van der Waals surface area contributed by atoms with E-state index in [9.17, 15) is 4.79 Å². The number of hydrogen-bond donors (Lipinski definition) is 0. The van der Waals surface area contributed by atoms with Crippen molar-refractivity contribution in [3.8, 4) is 0 Å². The molecule has 0 saturated carbocycles. The third-order valence-corrected chi connectivity index (χ3v) is 5.45. The first-order chi connectivity index (χ1) is 13.5. The summed E-state index contributed by atoms with van der Waals surface area (Å²) in [5.41, 5.74) is 4.86. The van der Waals surface area contributed by atoms with E-state index in [2.05, 4.69) is 4.90 Å². The van der Waals surface area contributed by atoms with E-state index in [0.29, 0.717) is 26.3 Å². The minimum atomic E-state index is 0.0611. The lowest BCUT2D eigenvalue weighted by molar-refractivity contribution is 0.0733. The number of benzene rings is 1. The van der Waals surface area contributed by atoms with Crippen molar-refractivity contribution in [3.63, 3.8) is 0 Å². The molecule has 2 aliphatic rings. The number of fused-ring (bicyclic) bond motifs is 1. The second kappa shape index (κ2) is 7.75. The minimum absolute atomic E-state index is 0.0611. The molecule has 1 fully saturated rings. The van der Waals surface area contributed by atoms with Gasteiger partial charge in [0.2, 0.25) is 5.95 Å². The topological polar surface area (TPSA) is 61.8 Å². The molecule has 0 aliphatic carbocycles. The molecule has 0 atom stereocenters. The lowest BCUT2D eigenvalue weighted by Crippen LogP contribution is -2.39. The molecule has 0 radical (unpaired) electrons. The average Bonchev–Trinajstić information content (AvgIpc) is 2.73. The Morgan fingerprint density at radius 2 is 1.93 bits per heavy atom. The van der Waals surface area contributed by atoms with Gasteiger partial charge in [0.25, 0.3) is 5.91 Å². The van der Waals surface area contributed by atoms with Crippen LogP contribution in [-0.4, -0.2) is 67.7 Å². The van der Waals surface area contributed by atoms with E-state index in [1.54, 1.807) is 0 Å². The average molecular weight is 381 g/mol. The molecule has 0 N–H and O–H groups in total. The van der Waals surface area contributed by atoms with Crippen molar-refractivity contribution in [1.29, 1.82) is 0 Å². The summed E-state index contributed by atoms with van der Waals surface area (Å²) in [6.07, 6.45) is 0.759. The lowest BCUT2D eigenvalue weighted by Gasteiger charge is -2.32. The third-order valence-electron chi connectivity index (χ3n) is 5.45. The fourth-order valence-electron chi connectivity index (χ4n) is 3.74. The first-order valence-electron chi connectivity index (χ1n) is 9.78. The Balaban J connectivity index is 1.54. The van der Waals surface area contributed by atoms with Gasteiger partial charge in [-0.3, -0.25) is 4.79 Å². The number of hydrogen-bond acceptors (Lipinski definition) is 6. The van der Waals surface area contributed by atoms with Gasteiger partial charge in [-0.15, -0.1) is 0 Å². The fraction of sp³-hybridized carbons (Fsp3) is 0.476. The van der Waals surface area contributed by atoms with Crippen LogP contribution in [0.4, 0.5) is 11.6 Å². The maximum Gasteiger partial charge on any atom is 0.254 e. The third kappa shape index (κ3) is 3.67. The molecule has 2 aromatic rings. The van der Waals surface area contributed by atoms with Crippen molar-refractivity contribution >= 4 is 17.5 Å². The molecular weight excluding hydrogens is 354 g/mol. The smallest absolute Gasteiger partial charge is 0.254 e. The van der Waals surface area contributed by atoms with Crippen molar-refractivity contribution in [1.82, 2.24) is 14.9 Å². The molecule has 1 saturated heterocycles. The summed E-state index contributed by atoms with van der Waals surface area (Å²) in [5, 5.41) is 0. The van der Waals surface area contributed by atoms with Gasteiger partial charge in [0.15, 0.2) is 0 Å². The SMILES string of the molecule is Cc1nc(N2CCOCC2)nc2c1CN(C(=O)c1cccc(N(C)C)c1)CC2. The molecule has 0 spiro atoms. The monoisotopic (exact) mass is 381 g/mol. The lowest BCUT2D eigenvalue weighted by atomic mass is 10.0. The summed E-state index contributed by atoms with van der Waals surface area (Å²) in [5.74, 6) is 0.851. The van der Waals surface area contributed by atoms with Crippen LogP contribution < -0.4 is 9.80 Å². The Morgan fingerprint density at radius 3 is 2.68 bits per heavy atom. The molecule has 148 valence electrons. The molecule has 2 aliphatic heterocycles. The van der Waals surface area contributed by atoms with Crippen LogP contribution in [0.3, 0.4) is 0 Å². The summed E-state index contributed by atoms with van der Waals surface area (Å²) < 4.78 is 5.43. The maximum atomic E-state index is 13.1. The van der Waals surface area contributed by atoms with Crippen LogP contribution in [0.15, 0.2) is 24.3 Å². The van der Waals surface area contributed by atoms with E-state index in [4.69, 9.17) is 14.7 Å². The Hall–Kier alpha value is -2.67. The number of rotatable bonds is 3. The number of aryl methyl sites for hydroxylation is 1. The molecule has 0 bridgehead atoms. The van der Waals surface area contributed by atoms with Crippen molar-refractivity contribution in [2.24, 2.45) is 0 Å². The van der Waals surface area contributed by atoms with Crippen molar-refractivity contribution < 1.29 is 9.53 Å². The van der Waals surface area contributed by atoms with E-state index in [0.717, 1.165) is 53.7 Å². The van der Waals surface area contributed by atoms with Crippen LogP contribution in [0.2, 0.25) is 0 Å². The van der Waals surface area contributed by atoms with Gasteiger partial charge >= 0.3 is 0 Å². The van der Waals surface area contributed by atoms with Crippen LogP contribution >= 0.6 is 0 Å². The van der Waals surface area contributed by atoms with E-state index in [1.807, 2.05) is 55.1 Å². The zero-order chi connectivity index (χ0) is 19.7. The molecule has 28 heavy (non-hydrogen) atoms. The number of amides is 1. The normalized spacial score (nSPS) is 16.7. The highest BCUT2D eigenvalue weighted by atomic mass is 16.5. The highest BCUT2D eigenvalue weighted by Gasteiger charge is 2.26. The number of carbonyl (C=O) groups is 1. The van der Waals surface area contributed by atoms with Gasteiger partial charge in [0, 0.05) is 69.2 Å². The highest BCUT2D eigenvalue weighted by molar-refractivity contribution is 5.95. The first kappa shape index (κ1) is 18.7. The molecule has 3 heterocycles. The molecule has 1 aromatic carbocycles. The number of aromatic nitrogens is 2. The van der Waals surface area contributed by atoms with Gasteiger partial charge < -0.3 is 19.4 Å². The number of morpholine rings is 1. The fourth-order valence-corrected chi connectivity index (χ4v) is 3.74. The largest absolute Gasteiger partial charge is 0.378 e. The quantitative estimate of drug-likeness (QED) is 0.809. The second-order valence-electron chi connectivity index (χ2n) is 7.56. The maximum absolute atomic E-state index is 13.1. The van der Waals surface area contributed by atoms with E-state index < -0.39 is 0 Å². The number of ether oxygens (including phenoxy) is 1. The standard InChI is InChI=1S/C21H27N5O2/c1-15-18-14-26(20(27)16-5-4-6-17(13-16)24(2)3)8-7-19(18)23-21(22-15)25-9-11-28-12-10-25/h4-6,13H,7-12,14H2,1-3H3. The molecule has 1 amide bonds. The van der Waals surface area contributed by atoms with Crippen molar-refractivity contribution in [2.75, 3.05) is 56.7 Å². The van der Waals surface area contributed by atoms with Crippen LogP contribution in [0.1, 0.15) is 27.3 Å². The minimum Gasteiger partial charge on any atom is -0.378 e. The van der Waals surface area contributed by atoms with Gasteiger partial charge in [0.05, 0.1) is 18.9 Å². The summed E-state index contributed by atoms with van der Waals surface area (Å²) in [6, 6.07) is 7.77. The Kier molecular flexibility index (Phi) is 5.17. The van der Waals surface area contributed by atoms with Gasteiger partial charge in [0.1, 0.15) is 0 Å². The molecule has 7 nitrogen and oxygen atoms in total. The summed E-state index contributed by atoms with van der Waals surface area (Å²) >= 11 is 0. The highest BCUT2D eigenvalue weighted by Crippen LogP contribution is 2.25. The Bertz CT molecular complexity index is 877. The Labute approximate surface area is 165 Å². The second-order valence-corrected chi connectivity index (χ2v) is 7.56. The van der Waals surface area contributed by atoms with Crippen LogP contribution in [-0.2, 0) is 17.7 Å². The zero-order valence-electron chi connectivity index (χ0n) is 16.8. The van der Waals surface area contributed by atoms with E-state index in [-0.39, 0.29) is 5.91 Å². The first-order valence-corrected chi connectivity index (χ1v) is 9.78. The molecular formula is C21H27N5O2. The molecule has 4 rings (SSSR count). The Morgan fingerprint density at radius 1 is 1.14 bits per heavy atom. The summed E-state index contributed by atoms with van der Waals surface area (Å²) in [7, 11) is 3.96. The van der Waals surface area contributed by atoms with Crippen LogP contribution in [0.5, 0.6) is 0 Å². The van der Waals surface area contributed by atoms with E-state index in [1.165, 1.54) is 0 Å².